The molecule has 0 bridgehead atoms. The molecule has 2 aliphatic rings. The number of aliphatic hydroxyl groups excluding tert-OH is 2. The number of esters is 2. The van der Waals surface area contributed by atoms with Crippen LogP contribution in [0.2, 0.25) is 0 Å². The largest absolute Gasteiger partial charge is 0.494 e. The Bertz CT molecular complexity index is 2020. The number of carbonyl (C=O) groups is 2. The van der Waals surface area contributed by atoms with Crippen molar-refractivity contribution >= 4 is 11.9 Å². The quantitative estimate of drug-likeness (QED) is 0.0879. The van der Waals surface area contributed by atoms with Gasteiger partial charge in [-0.05, 0) is 80.3 Å². The first kappa shape index (κ1) is 42.9. The molecule has 2 aliphatic heterocycles. The number of benzene rings is 4. The molecule has 8 heteroatoms. The number of hydrogen-bond donors (Lipinski definition) is 2. The Labute approximate surface area is 344 Å². The van der Waals surface area contributed by atoms with Crippen molar-refractivity contribution in [3.05, 3.63) is 117 Å². The normalized spacial score (nSPS) is 19.4. The van der Waals surface area contributed by atoms with Crippen molar-refractivity contribution in [1.82, 2.24) is 0 Å². The minimum atomic E-state index is -1.81. The van der Waals surface area contributed by atoms with E-state index < -0.39 is 33.6 Å². The van der Waals surface area contributed by atoms with Crippen LogP contribution in [0.4, 0.5) is 0 Å². The zero-order valence-corrected chi connectivity index (χ0v) is 36.5. The van der Waals surface area contributed by atoms with Gasteiger partial charge in [-0.3, -0.25) is 9.59 Å². The molecule has 2 heterocycles. The van der Waals surface area contributed by atoms with Crippen LogP contribution >= 0.6 is 0 Å². The Hall–Kier alpha value is -4.66. The molecule has 0 fully saturated rings. The fraction of sp³-hybridized carbons (Fsp3) is 0.480. The molecule has 8 nitrogen and oxygen atoms in total. The van der Waals surface area contributed by atoms with E-state index in [-0.39, 0.29) is 24.0 Å². The molecular formula is C50H62O8. The molecule has 2 atom stereocenters. The average molecular weight is 791 g/mol. The highest BCUT2D eigenvalue weighted by Gasteiger charge is 2.73. The van der Waals surface area contributed by atoms with E-state index in [1.54, 1.807) is 0 Å². The molecule has 0 saturated heterocycles. The third-order valence-corrected chi connectivity index (χ3v) is 11.6. The molecule has 310 valence electrons. The van der Waals surface area contributed by atoms with Crippen LogP contribution in [0.3, 0.4) is 0 Å². The van der Waals surface area contributed by atoms with Crippen LogP contribution in [0.15, 0.2) is 72.8 Å². The number of ether oxygens (including phenoxy) is 4. The summed E-state index contributed by atoms with van der Waals surface area (Å²) in [4.78, 5) is 31.8. The molecule has 0 amide bonds. The van der Waals surface area contributed by atoms with Gasteiger partial charge in [0.2, 0.25) is 0 Å². The van der Waals surface area contributed by atoms with Crippen LogP contribution in [0.5, 0.6) is 23.0 Å². The number of rotatable bonds is 11. The maximum absolute atomic E-state index is 15.9. The van der Waals surface area contributed by atoms with Crippen LogP contribution in [-0.2, 0) is 42.1 Å². The molecule has 2 N–H and O–H groups in total. The summed E-state index contributed by atoms with van der Waals surface area (Å²) in [7, 11) is 0. The summed E-state index contributed by atoms with van der Waals surface area (Å²) >= 11 is 0. The molecule has 4 aromatic carbocycles. The molecule has 0 aromatic heterocycles. The standard InChI is InChI=1S/C50H62O8/c1-45(2,3)33-27-37(47(7,8)9)41-39(29-33)49(43(53)57-41,31-15-19-35(20-16-31)55-25-13-23-51)50(32-17-21-36(22-18-32)56-26-14-24-52)40-30-34(46(4,5)6)28-38(48(10,11)12)42(40)58-44(50)54/h15-22,27-30,51-52H,13-14,23-26H2,1-12H3. The third kappa shape index (κ3) is 7.21. The van der Waals surface area contributed by atoms with Crippen LogP contribution in [0.25, 0.3) is 0 Å². The minimum Gasteiger partial charge on any atom is -0.494 e. The van der Waals surface area contributed by atoms with Crippen molar-refractivity contribution < 1.29 is 38.7 Å². The van der Waals surface area contributed by atoms with Crippen molar-refractivity contribution in [1.29, 1.82) is 0 Å². The SMILES string of the molecule is CC(C)(C)c1cc(C(C)(C)C)c2c(c1)C(c1ccc(OCCCO)cc1)(C1(c3ccc(OCCCO)cc3)C(=O)Oc3c(C(C)(C)C)cc(C(C)(C)C)cc31)C(=O)O2. The lowest BCUT2D eigenvalue weighted by molar-refractivity contribution is -0.147. The molecule has 2 unspecified atom stereocenters. The predicted octanol–water partition coefficient (Wildman–Crippen LogP) is 9.51. The van der Waals surface area contributed by atoms with E-state index in [2.05, 4.69) is 107 Å². The lowest BCUT2D eigenvalue weighted by Crippen LogP contribution is -2.58. The summed E-state index contributed by atoms with van der Waals surface area (Å²) in [6, 6.07) is 23.1. The molecule has 58 heavy (non-hydrogen) atoms. The zero-order valence-electron chi connectivity index (χ0n) is 36.5. The van der Waals surface area contributed by atoms with E-state index in [4.69, 9.17) is 18.9 Å². The molecule has 0 spiro atoms. The minimum absolute atomic E-state index is 0.00153. The second-order valence-electron chi connectivity index (χ2n) is 20.0. The van der Waals surface area contributed by atoms with Gasteiger partial charge in [-0.25, -0.2) is 0 Å². The Balaban J connectivity index is 1.85. The second kappa shape index (κ2) is 15.2. The molecule has 0 aliphatic carbocycles. The van der Waals surface area contributed by atoms with E-state index in [0.29, 0.717) is 71.3 Å². The summed E-state index contributed by atoms with van der Waals surface area (Å²) in [6.45, 7) is 26.2. The van der Waals surface area contributed by atoms with Gasteiger partial charge in [-0.15, -0.1) is 0 Å². The Kier molecular flexibility index (Phi) is 11.2. The molecule has 6 rings (SSSR count). The first-order valence-electron chi connectivity index (χ1n) is 20.5. The number of hydrogen-bond acceptors (Lipinski definition) is 8. The number of carbonyl (C=O) groups excluding carboxylic acids is 2. The second-order valence-corrected chi connectivity index (χ2v) is 20.0. The number of aliphatic hydroxyl groups is 2. The van der Waals surface area contributed by atoms with Crippen molar-refractivity contribution in [3.63, 3.8) is 0 Å². The fourth-order valence-electron chi connectivity index (χ4n) is 8.37. The van der Waals surface area contributed by atoms with Crippen molar-refractivity contribution in [2.45, 2.75) is 128 Å². The third-order valence-electron chi connectivity index (χ3n) is 11.6. The van der Waals surface area contributed by atoms with Gasteiger partial charge in [0, 0.05) is 48.3 Å². The van der Waals surface area contributed by atoms with Crippen LogP contribution in [0, 0.1) is 0 Å². The highest BCUT2D eigenvalue weighted by molar-refractivity contribution is 6.09. The van der Waals surface area contributed by atoms with Gasteiger partial charge >= 0.3 is 11.9 Å². The van der Waals surface area contributed by atoms with Gasteiger partial charge in [0.1, 0.15) is 33.8 Å². The average Bonchev–Trinajstić information content (AvgIpc) is 3.60. The molecule has 0 radical (unpaired) electrons. The highest BCUT2D eigenvalue weighted by Crippen LogP contribution is 2.65. The van der Waals surface area contributed by atoms with Crippen molar-refractivity contribution in [3.8, 4) is 23.0 Å². The van der Waals surface area contributed by atoms with Crippen LogP contribution < -0.4 is 18.9 Å². The van der Waals surface area contributed by atoms with Crippen molar-refractivity contribution in [2.24, 2.45) is 0 Å². The Morgan fingerprint density at radius 1 is 0.500 bits per heavy atom. The Morgan fingerprint density at radius 3 is 1.10 bits per heavy atom. The van der Waals surface area contributed by atoms with E-state index >= 15 is 9.59 Å². The molecule has 0 saturated carbocycles. The summed E-state index contributed by atoms with van der Waals surface area (Å²) in [6.07, 6.45) is 0.933. The summed E-state index contributed by atoms with van der Waals surface area (Å²) in [5.41, 5.74) is 0.809. The predicted molar refractivity (Wildman–Crippen MR) is 228 cm³/mol. The van der Waals surface area contributed by atoms with Crippen molar-refractivity contribution in [2.75, 3.05) is 26.4 Å². The Morgan fingerprint density at radius 2 is 0.828 bits per heavy atom. The fourth-order valence-corrected chi connectivity index (χ4v) is 8.37. The van der Waals surface area contributed by atoms with Gasteiger partial charge in [-0.2, -0.15) is 0 Å². The lowest BCUT2D eigenvalue weighted by atomic mass is 9.51. The topological polar surface area (TPSA) is 112 Å². The number of fused-ring (bicyclic) bond motifs is 2. The van der Waals surface area contributed by atoms with E-state index in [0.717, 1.165) is 22.3 Å². The maximum Gasteiger partial charge on any atom is 0.328 e. The zero-order chi connectivity index (χ0) is 42.6. The van der Waals surface area contributed by atoms with Gasteiger partial charge in [0.25, 0.3) is 0 Å². The first-order chi connectivity index (χ1) is 27.0. The highest BCUT2D eigenvalue weighted by atomic mass is 16.6. The molecular weight excluding hydrogens is 729 g/mol. The summed E-state index contributed by atoms with van der Waals surface area (Å²) < 4.78 is 25.3. The van der Waals surface area contributed by atoms with Crippen LogP contribution in [-0.4, -0.2) is 48.6 Å². The van der Waals surface area contributed by atoms with Crippen LogP contribution in [0.1, 0.15) is 140 Å². The summed E-state index contributed by atoms with van der Waals surface area (Å²) in [5, 5.41) is 18.9. The monoisotopic (exact) mass is 790 g/mol. The van der Waals surface area contributed by atoms with E-state index in [9.17, 15) is 10.2 Å². The lowest BCUT2D eigenvalue weighted by Gasteiger charge is -2.43. The van der Waals surface area contributed by atoms with Gasteiger partial charge in [-0.1, -0.05) is 119 Å². The van der Waals surface area contributed by atoms with E-state index in [1.165, 1.54) is 0 Å². The van der Waals surface area contributed by atoms with Gasteiger partial charge < -0.3 is 29.2 Å². The smallest absolute Gasteiger partial charge is 0.328 e. The van der Waals surface area contributed by atoms with Gasteiger partial charge in [0.15, 0.2) is 0 Å². The van der Waals surface area contributed by atoms with Gasteiger partial charge in [0.05, 0.1) is 13.2 Å². The maximum atomic E-state index is 15.9. The first-order valence-corrected chi connectivity index (χ1v) is 20.5. The molecule has 4 aromatic rings. The van der Waals surface area contributed by atoms with E-state index in [1.807, 2.05) is 48.5 Å². The summed E-state index contributed by atoms with van der Waals surface area (Å²) in [5.74, 6) is 0.855.